The van der Waals surface area contributed by atoms with Crippen LogP contribution in [-0.2, 0) is 11.3 Å². The van der Waals surface area contributed by atoms with E-state index in [4.69, 9.17) is 4.74 Å². The Morgan fingerprint density at radius 3 is 2.62 bits per heavy atom. The first-order chi connectivity index (χ1) is 7.86. The lowest BCUT2D eigenvalue weighted by atomic mass is 10.0. The van der Waals surface area contributed by atoms with E-state index in [1.807, 2.05) is 36.4 Å². The van der Waals surface area contributed by atoms with Crippen molar-refractivity contribution in [3.63, 3.8) is 0 Å². The summed E-state index contributed by atoms with van der Waals surface area (Å²) < 4.78 is 5.30. The summed E-state index contributed by atoms with van der Waals surface area (Å²) in [6, 6.07) is 11.9. The van der Waals surface area contributed by atoms with Gasteiger partial charge in [-0.3, -0.25) is 4.79 Å². The Kier molecular flexibility index (Phi) is 3.05. The highest BCUT2D eigenvalue weighted by Crippen LogP contribution is 2.28. The molecule has 0 aromatic heterocycles. The van der Waals surface area contributed by atoms with Gasteiger partial charge in [-0.1, -0.05) is 30.3 Å². The molecule has 0 aliphatic carbocycles. The van der Waals surface area contributed by atoms with Gasteiger partial charge in [0, 0.05) is 11.9 Å². The molecule has 0 saturated heterocycles. The summed E-state index contributed by atoms with van der Waals surface area (Å²) >= 11 is 0. The van der Waals surface area contributed by atoms with Crippen LogP contribution in [0.2, 0.25) is 0 Å². The van der Waals surface area contributed by atoms with Gasteiger partial charge >= 0.3 is 0 Å². The van der Waals surface area contributed by atoms with Gasteiger partial charge in [0.25, 0.3) is 0 Å². The molecule has 1 amide bonds. The van der Waals surface area contributed by atoms with Crippen LogP contribution in [0.5, 0.6) is 5.75 Å². The van der Waals surface area contributed by atoms with Crippen LogP contribution in [0.4, 0.5) is 0 Å². The van der Waals surface area contributed by atoms with Crippen LogP contribution in [0, 0.1) is 0 Å². The highest BCUT2D eigenvalue weighted by molar-refractivity contribution is 5.91. The Morgan fingerprint density at radius 1 is 1.19 bits per heavy atom. The number of methoxy groups -OCH3 is 1. The zero-order valence-corrected chi connectivity index (χ0v) is 9.07. The fraction of sp³-hybridized carbons (Fsp3) is 0.154. The van der Waals surface area contributed by atoms with E-state index >= 15 is 0 Å². The van der Waals surface area contributed by atoms with Crippen molar-refractivity contribution in [2.75, 3.05) is 7.11 Å². The number of fused-ring (bicyclic) bond motifs is 1. The summed E-state index contributed by atoms with van der Waals surface area (Å²) in [5.41, 5.74) is 1.09. The maximum Gasteiger partial charge on any atom is 0.207 e. The second-order valence-corrected chi connectivity index (χ2v) is 3.47. The predicted octanol–water partition coefficient (Wildman–Crippen LogP) is 2.09. The molecule has 1 N–H and O–H groups in total. The largest absolute Gasteiger partial charge is 0.496 e. The number of hydrogen-bond acceptors (Lipinski definition) is 2. The molecule has 2 rings (SSSR count). The quantitative estimate of drug-likeness (QED) is 0.793. The van der Waals surface area contributed by atoms with E-state index in [0.717, 1.165) is 22.1 Å². The van der Waals surface area contributed by atoms with Crippen molar-refractivity contribution < 1.29 is 9.53 Å². The molecule has 2 aromatic carbocycles. The van der Waals surface area contributed by atoms with Crippen LogP contribution in [0.25, 0.3) is 10.8 Å². The normalized spacial score (nSPS) is 10.1. The average molecular weight is 215 g/mol. The van der Waals surface area contributed by atoms with E-state index in [-0.39, 0.29) is 0 Å². The number of nitrogens with one attached hydrogen (secondary N) is 1. The molecule has 0 aliphatic heterocycles. The van der Waals surface area contributed by atoms with Gasteiger partial charge in [-0.15, -0.1) is 0 Å². The zero-order chi connectivity index (χ0) is 11.4. The van der Waals surface area contributed by atoms with E-state index in [1.54, 1.807) is 7.11 Å². The predicted molar refractivity (Wildman–Crippen MR) is 63.4 cm³/mol. The Bertz CT molecular complexity index is 508. The summed E-state index contributed by atoms with van der Waals surface area (Å²) in [6.45, 7) is 0.536. The second kappa shape index (κ2) is 4.66. The molecular weight excluding hydrogens is 202 g/mol. The number of amides is 1. The molecule has 0 radical (unpaired) electrons. The molecule has 0 fully saturated rings. The Balaban J connectivity index is 2.55. The van der Waals surface area contributed by atoms with E-state index in [2.05, 4.69) is 5.32 Å². The van der Waals surface area contributed by atoms with E-state index in [0.29, 0.717) is 13.0 Å². The first-order valence-electron chi connectivity index (χ1n) is 5.08. The van der Waals surface area contributed by atoms with Crippen LogP contribution < -0.4 is 10.1 Å². The Labute approximate surface area is 94.0 Å². The summed E-state index contributed by atoms with van der Waals surface area (Å²) in [5.74, 6) is 0.852. The minimum atomic E-state index is 0.536. The van der Waals surface area contributed by atoms with Gasteiger partial charge in [-0.05, 0) is 17.0 Å². The van der Waals surface area contributed by atoms with E-state index < -0.39 is 0 Å². The van der Waals surface area contributed by atoms with Gasteiger partial charge in [0.2, 0.25) is 6.41 Å². The van der Waals surface area contributed by atoms with Crippen LogP contribution in [0.3, 0.4) is 0 Å². The number of rotatable bonds is 4. The summed E-state index contributed by atoms with van der Waals surface area (Å²) in [6.07, 6.45) is 0.707. The topological polar surface area (TPSA) is 38.3 Å². The molecule has 16 heavy (non-hydrogen) atoms. The van der Waals surface area contributed by atoms with Crippen LogP contribution in [0.1, 0.15) is 5.56 Å². The van der Waals surface area contributed by atoms with Crippen molar-refractivity contribution in [2.24, 2.45) is 0 Å². The molecule has 3 nitrogen and oxygen atoms in total. The lowest BCUT2D eigenvalue weighted by Crippen LogP contribution is -2.10. The van der Waals surface area contributed by atoms with Crippen molar-refractivity contribution in [1.82, 2.24) is 5.32 Å². The van der Waals surface area contributed by atoms with Crippen molar-refractivity contribution in [1.29, 1.82) is 0 Å². The molecule has 0 heterocycles. The van der Waals surface area contributed by atoms with Crippen molar-refractivity contribution >= 4 is 17.2 Å². The van der Waals surface area contributed by atoms with Crippen LogP contribution >= 0.6 is 0 Å². The molecular formula is C13H13NO2. The number of carbonyl (C=O) groups excluding carboxylic acids is 1. The molecule has 0 spiro atoms. The maximum atomic E-state index is 10.3. The van der Waals surface area contributed by atoms with Gasteiger partial charge in [0.15, 0.2) is 0 Å². The molecule has 0 atom stereocenters. The van der Waals surface area contributed by atoms with Gasteiger partial charge < -0.3 is 10.1 Å². The fourth-order valence-corrected chi connectivity index (χ4v) is 1.82. The van der Waals surface area contributed by atoms with E-state index in [1.165, 1.54) is 0 Å². The monoisotopic (exact) mass is 215 g/mol. The smallest absolute Gasteiger partial charge is 0.207 e. The molecule has 0 bridgehead atoms. The summed E-state index contributed by atoms with van der Waals surface area (Å²) in [5, 5.41) is 4.85. The highest BCUT2D eigenvalue weighted by atomic mass is 16.5. The van der Waals surface area contributed by atoms with Crippen molar-refractivity contribution in [2.45, 2.75) is 6.54 Å². The van der Waals surface area contributed by atoms with Gasteiger partial charge in [-0.25, -0.2) is 0 Å². The van der Waals surface area contributed by atoms with Gasteiger partial charge in [-0.2, -0.15) is 0 Å². The number of ether oxygens (including phenoxy) is 1. The zero-order valence-electron chi connectivity index (χ0n) is 9.07. The molecule has 0 saturated carbocycles. The average Bonchev–Trinajstić information content (AvgIpc) is 2.36. The van der Waals surface area contributed by atoms with Crippen LogP contribution in [-0.4, -0.2) is 13.5 Å². The van der Waals surface area contributed by atoms with Crippen LogP contribution in [0.15, 0.2) is 36.4 Å². The summed E-state index contributed by atoms with van der Waals surface area (Å²) in [4.78, 5) is 10.3. The molecule has 0 aliphatic rings. The third-order valence-corrected chi connectivity index (χ3v) is 2.57. The third kappa shape index (κ3) is 1.84. The standard InChI is InChI=1S/C13H13NO2/c1-16-13-7-6-10(8-14-9-15)11-4-2-3-5-12(11)13/h2-7,9H,8H2,1H3,(H,14,15). The third-order valence-electron chi connectivity index (χ3n) is 2.57. The van der Waals surface area contributed by atoms with Crippen molar-refractivity contribution in [3.05, 3.63) is 42.0 Å². The number of hydrogen-bond donors (Lipinski definition) is 1. The number of carbonyl (C=O) groups is 1. The summed E-state index contributed by atoms with van der Waals surface area (Å²) in [7, 11) is 1.66. The lowest BCUT2D eigenvalue weighted by Gasteiger charge is -2.09. The first kappa shape index (κ1) is 10.5. The molecule has 3 heteroatoms. The number of benzene rings is 2. The molecule has 2 aromatic rings. The minimum Gasteiger partial charge on any atom is -0.496 e. The minimum absolute atomic E-state index is 0.536. The van der Waals surface area contributed by atoms with Gasteiger partial charge in [0.1, 0.15) is 5.75 Å². The SMILES string of the molecule is COc1ccc(CNC=O)c2ccccc12. The Morgan fingerprint density at radius 2 is 1.94 bits per heavy atom. The highest BCUT2D eigenvalue weighted by Gasteiger charge is 2.04. The fourth-order valence-electron chi connectivity index (χ4n) is 1.82. The van der Waals surface area contributed by atoms with Crippen molar-refractivity contribution in [3.8, 4) is 5.75 Å². The first-order valence-corrected chi connectivity index (χ1v) is 5.08. The maximum absolute atomic E-state index is 10.3. The molecule has 82 valence electrons. The van der Waals surface area contributed by atoms with Gasteiger partial charge in [0.05, 0.1) is 7.11 Å². The Hall–Kier alpha value is -2.03. The van der Waals surface area contributed by atoms with E-state index in [9.17, 15) is 4.79 Å². The molecule has 0 unspecified atom stereocenters. The lowest BCUT2D eigenvalue weighted by molar-refractivity contribution is -0.109. The second-order valence-electron chi connectivity index (χ2n) is 3.47.